The molecule has 0 bridgehead atoms. The van der Waals surface area contributed by atoms with Crippen LogP contribution in [0.25, 0.3) is 0 Å². The molecule has 2 N–H and O–H groups in total. The third kappa shape index (κ3) is 5.58. The number of primary sulfonamides is 1. The molecule has 0 spiro atoms. The van der Waals surface area contributed by atoms with E-state index in [4.69, 9.17) is 9.88 Å². The van der Waals surface area contributed by atoms with Crippen molar-refractivity contribution in [3.05, 3.63) is 29.8 Å². The minimum absolute atomic E-state index is 0.161. The third-order valence-corrected chi connectivity index (χ3v) is 3.66. The lowest BCUT2D eigenvalue weighted by Gasteiger charge is -2.23. The quantitative estimate of drug-likeness (QED) is 0.796. The first-order valence-electron chi connectivity index (χ1n) is 5.95. The largest absolute Gasteiger partial charge is 0.493 e. The van der Waals surface area contributed by atoms with E-state index < -0.39 is 21.4 Å². The molecule has 0 aliphatic heterocycles. The van der Waals surface area contributed by atoms with E-state index in [0.717, 1.165) is 0 Å². The number of ether oxygens (including phenoxy) is 2. The molecule has 7 heteroatoms. The smallest absolute Gasteiger partial charge is 0.337 e. The maximum absolute atomic E-state index is 11.4. The van der Waals surface area contributed by atoms with Crippen molar-refractivity contribution < 1.29 is 22.7 Å². The summed E-state index contributed by atoms with van der Waals surface area (Å²) < 4.78 is 32.3. The van der Waals surface area contributed by atoms with Crippen molar-refractivity contribution in [2.24, 2.45) is 10.6 Å². The molecule has 112 valence electrons. The molecule has 1 aromatic carbocycles. The van der Waals surface area contributed by atoms with E-state index in [9.17, 15) is 13.2 Å². The number of sulfonamides is 1. The van der Waals surface area contributed by atoms with Gasteiger partial charge in [-0.15, -0.1) is 0 Å². The highest BCUT2D eigenvalue weighted by atomic mass is 32.2. The molecular formula is C13H19NO5S. The molecule has 0 unspecified atom stereocenters. The highest BCUT2D eigenvalue weighted by Crippen LogP contribution is 2.21. The predicted octanol–water partition coefficient (Wildman–Crippen LogP) is 1.17. The minimum atomic E-state index is -3.57. The Balaban J connectivity index is 2.73. The minimum Gasteiger partial charge on any atom is -0.493 e. The number of carbonyl (C=O) groups excluding carboxylic acids is 1. The monoisotopic (exact) mass is 301 g/mol. The SMILES string of the molecule is COC(=O)c1cccc(OCC(C)(C)CS(N)(=O)=O)c1. The average molecular weight is 301 g/mol. The fourth-order valence-corrected chi connectivity index (χ4v) is 2.87. The van der Waals surface area contributed by atoms with Crippen molar-refractivity contribution in [2.45, 2.75) is 13.8 Å². The molecule has 0 radical (unpaired) electrons. The van der Waals surface area contributed by atoms with Crippen LogP contribution in [0.15, 0.2) is 24.3 Å². The topological polar surface area (TPSA) is 95.7 Å². The standard InChI is InChI=1S/C13H19NO5S/c1-13(2,9-20(14,16)17)8-19-11-6-4-5-10(7-11)12(15)18-3/h4-7H,8-9H2,1-3H3,(H2,14,16,17). The van der Waals surface area contributed by atoms with Crippen molar-refractivity contribution in [2.75, 3.05) is 19.5 Å². The van der Waals surface area contributed by atoms with E-state index in [0.29, 0.717) is 11.3 Å². The maximum Gasteiger partial charge on any atom is 0.337 e. The summed E-state index contributed by atoms with van der Waals surface area (Å²) in [6, 6.07) is 6.49. The summed E-state index contributed by atoms with van der Waals surface area (Å²) in [5, 5.41) is 5.03. The van der Waals surface area contributed by atoms with Crippen LogP contribution >= 0.6 is 0 Å². The van der Waals surface area contributed by atoms with Gasteiger partial charge in [-0.25, -0.2) is 18.4 Å². The van der Waals surface area contributed by atoms with Crippen molar-refractivity contribution in [3.63, 3.8) is 0 Å². The van der Waals surface area contributed by atoms with Crippen LogP contribution in [0.5, 0.6) is 5.75 Å². The van der Waals surface area contributed by atoms with Crippen LogP contribution in [0.4, 0.5) is 0 Å². The van der Waals surface area contributed by atoms with Gasteiger partial charge in [0.1, 0.15) is 5.75 Å². The molecule has 0 aliphatic carbocycles. The summed E-state index contributed by atoms with van der Waals surface area (Å²) in [6.45, 7) is 3.64. The Morgan fingerprint density at radius 1 is 1.35 bits per heavy atom. The molecule has 20 heavy (non-hydrogen) atoms. The van der Waals surface area contributed by atoms with E-state index in [1.54, 1.807) is 38.1 Å². The van der Waals surface area contributed by atoms with Crippen LogP contribution in [-0.4, -0.2) is 33.9 Å². The number of methoxy groups -OCH3 is 1. The summed E-state index contributed by atoms with van der Waals surface area (Å²) in [5.74, 6) is -0.175. The highest BCUT2D eigenvalue weighted by Gasteiger charge is 2.25. The van der Waals surface area contributed by atoms with Crippen LogP contribution in [0.1, 0.15) is 24.2 Å². The van der Waals surface area contributed by atoms with Crippen molar-refractivity contribution >= 4 is 16.0 Å². The number of hydrogen-bond acceptors (Lipinski definition) is 5. The number of nitrogens with two attached hydrogens (primary N) is 1. The fourth-order valence-electron chi connectivity index (χ4n) is 1.70. The van der Waals surface area contributed by atoms with E-state index >= 15 is 0 Å². The van der Waals surface area contributed by atoms with Gasteiger partial charge in [0.25, 0.3) is 0 Å². The van der Waals surface area contributed by atoms with Crippen LogP contribution < -0.4 is 9.88 Å². The number of rotatable bonds is 6. The number of carbonyl (C=O) groups is 1. The van der Waals surface area contributed by atoms with Crippen molar-refractivity contribution in [1.29, 1.82) is 0 Å². The lowest BCUT2D eigenvalue weighted by Crippen LogP contribution is -2.33. The Morgan fingerprint density at radius 3 is 2.55 bits per heavy atom. The Labute approximate surface area is 118 Å². The second-order valence-corrected chi connectivity index (χ2v) is 6.89. The second-order valence-electron chi connectivity index (χ2n) is 5.28. The van der Waals surface area contributed by atoms with Gasteiger partial charge >= 0.3 is 5.97 Å². The fraction of sp³-hybridized carbons (Fsp3) is 0.462. The zero-order valence-electron chi connectivity index (χ0n) is 11.8. The Bertz CT molecular complexity index is 580. The summed E-state index contributed by atoms with van der Waals surface area (Å²) in [4.78, 5) is 11.4. The molecule has 0 aromatic heterocycles. The zero-order chi connectivity index (χ0) is 15.4. The second kappa shape index (κ2) is 6.23. The first-order chi connectivity index (χ1) is 9.13. The van der Waals surface area contributed by atoms with Gasteiger partial charge < -0.3 is 9.47 Å². The Hall–Kier alpha value is -1.60. The molecule has 1 aromatic rings. The van der Waals surface area contributed by atoms with Gasteiger partial charge in [0.15, 0.2) is 0 Å². The molecule has 0 saturated carbocycles. The van der Waals surface area contributed by atoms with E-state index in [1.807, 2.05) is 0 Å². The summed E-state index contributed by atoms with van der Waals surface area (Å²) in [7, 11) is -2.27. The van der Waals surface area contributed by atoms with Crippen LogP contribution in [0.2, 0.25) is 0 Å². The first kappa shape index (κ1) is 16.5. The van der Waals surface area contributed by atoms with Gasteiger partial charge in [-0.05, 0) is 18.2 Å². The third-order valence-electron chi connectivity index (χ3n) is 2.48. The number of benzene rings is 1. The summed E-state index contributed by atoms with van der Waals surface area (Å²) in [5.41, 5.74) is -0.260. The summed E-state index contributed by atoms with van der Waals surface area (Å²) >= 11 is 0. The molecule has 0 fully saturated rings. The zero-order valence-corrected chi connectivity index (χ0v) is 12.6. The molecule has 0 saturated heterocycles. The predicted molar refractivity (Wildman–Crippen MR) is 75.0 cm³/mol. The van der Waals surface area contributed by atoms with Gasteiger partial charge in [-0.2, -0.15) is 0 Å². The molecule has 0 amide bonds. The molecule has 0 atom stereocenters. The van der Waals surface area contributed by atoms with E-state index in [2.05, 4.69) is 4.74 Å². The van der Waals surface area contributed by atoms with Gasteiger partial charge in [0.05, 0.1) is 25.0 Å². The highest BCUT2D eigenvalue weighted by molar-refractivity contribution is 7.89. The van der Waals surface area contributed by atoms with Gasteiger partial charge in [-0.3, -0.25) is 0 Å². The van der Waals surface area contributed by atoms with E-state index in [1.165, 1.54) is 7.11 Å². The van der Waals surface area contributed by atoms with Gasteiger partial charge in [0.2, 0.25) is 10.0 Å². The van der Waals surface area contributed by atoms with Crippen molar-refractivity contribution in [3.8, 4) is 5.75 Å². The normalized spacial score (nSPS) is 12.0. The lowest BCUT2D eigenvalue weighted by atomic mass is 9.98. The molecule has 0 heterocycles. The van der Waals surface area contributed by atoms with Crippen LogP contribution in [0.3, 0.4) is 0 Å². The maximum atomic E-state index is 11.4. The lowest BCUT2D eigenvalue weighted by molar-refractivity contribution is 0.0600. The molecular weight excluding hydrogens is 282 g/mol. The van der Waals surface area contributed by atoms with Crippen LogP contribution in [-0.2, 0) is 14.8 Å². The van der Waals surface area contributed by atoms with Gasteiger partial charge in [0, 0.05) is 5.41 Å². The van der Waals surface area contributed by atoms with Crippen molar-refractivity contribution in [1.82, 2.24) is 0 Å². The number of esters is 1. The average Bonchev–Trinajstić information content (AvgIpc) is 2.33. The molecule has 0 aliphatic rings. The Morgan fingerprint density at radius 2 is 2.00 bits per heavy atom. The van der Waals surface area contributed by atoms with E-state index in [-0.39, 0.29) is 12.4 Å². The first-order valence-corrected chi connectivity index (χ1v) is 7.66. The summed E-state index contributed by atoms with van der Waals surface area (Å²) in [6.07, 6.45) is 0. The Kier molecular flexibility index (Phi) is 5.13. The van der Waals surface area contributed by atoms with Gasteiger partial charge in [-0.1, -0.05) is 19.9 Å². The molecule has 1 rings (SSSR count). The van der Waals surface area contributed by atoms with Crippen LogP contribution in [0, 0.1) is 5.41 Å². The molecule has 6 nitrogen and oxygen atoms in total. The number of hydrogen-bond donors (Lipinski definition) is 1.